The van der Waals surface area contributed by atoms with Gasteiger partial charge in [0.15, 0.2) is 5.17 Å². The Bertz CT molecular complexity index is 887. The number of rotatable bonds is 4. The number of amidine groups is 1. The lowest BCUT2D eigenvalue weighted by atomic mass is 10.2. The Morgan fingerprint density at radius 2 is 2.24 bits per heavy atom. The summed E-state index contributed by atoms with van der Waals surface area (Å²) < 4.78 is 6.36. The van der Waals surface area contributed by atoms with Crippen LogP contribution in [0.4, 0.5) is 0 Å². The molecule has 3 rings (SSSR count). The van der Waals surface area contributed by atoms with Crippen LogP contribution in [0, 0.1) is 0 Å². The molecule has 0 aliphatic carbocycles. The molecule has 9 heteroatoms. The fourth-order valence-corrected chi connectivity index (χ4v) is 2.76. The Balaban J connectivity index is 1.76. The van der Waals surface area contributed by atoms with Crippen LogP contribution >= 0.6 is 11.8 Å². The maximum Gasteiger partial charge on any atom is 0.331 e. The predicted octanol–water partition coefficient (Wildman–Crippen LogP) is 1.48. The zero-order valence-corrected chi connectivity index (χ0v) is 13.9. The summed E-state index contributed by atoms with van der Waals surface area (Å²) >= 11 is 1.02. The normalized spacial score (nSPS) is 17.4. The number of methoxy groups -OCH3 is 1. The number of nitrogens with one attached hydrogen (secondary N) is 1. The van der Waals surface area contributed by atoms with E-state index in [1.54, 1.807) is 18.7 Å². The van der Waals surface area contributed by atoms with E-state index in [1.807, 2.05) is 35.0 Å². The van der Waals surface area contributed by atoms with Crippen LogP contribution in [-0.2, 0) is 14.3 Å². The van der Waals surface area contributed by atoms with Gasteiger partial charge < -0.3 is 9.30 Å². The molecule has 0 spiro atoms. The summed E-state index contributed by atoms with van der Waals surface area (Å²) in [6, 6.07) is 7.62. The number of hydrogen-bond acceptors (Lipinski definition) is 7. The SMILES string of the molecule is COC(=O)/C=C1/S/C(=N\N=Cc2ccccc2-n2ccnc2)NC1=O. The topological polar surface area (TPSA) is 97.9 Å². The fourth-order valence-electron chi connectivity index (χ4n) is 2.02. The number of carbonyl (C=O) groups excluding carboxylic acids is 2. The highest BCUT2D eigenvalue weighted by Crippen LogP contribution is 2.23. The van der Waals surface area contributed by atoms with E-state index in [0.717, 1.165) is 29.1 Å². The van der Waals surface area contributed by atoms with Crippen LogP contribution in [0.25, 0.3) is 5.69 Å². The number of amides is 1. The van der Waals surface area contributed by atoms with E-state index in [0.29, 0.717) is 0 Å². The van der Waals surface area contributed by atoms with Crippen LogP contribution in [0.15, 0.2) is 64.2 Å². The number of thioether (sulfide) groups is 1. The highest BCUT2D eigenvalue weighted by Gasteiger charge is 2.24. The Hall–Kier alpha value is -3.20. The van der Waals surface area contributed by atoms with Gasteiger partial charge >= 0.3 is 5.97 Å². The van der Waals surface area contributed by atoms with E-state index in [-0.39, 0.29) is 10.1 Å². The highest BCUT2D eigenvalue weighted by atomic mass is 32.2. The van der Waals surface area contributed by atoms with Crippen LogP contribution < -0.4 is 5.32 Å². The van der Waals surface area contributed by atoms with Gasteiger partial charge in [0.2, 0.25) is 0 Å². The fraction of sp³-hybridized carbons (Fsp3) is 0.0625. The molecule has 1 amide bonds. The molecule has 1 fully saturated rings. The first-order valence-electron chi connectivity index (χ1n) is 7.14. The molecule has 1 saturated heterocycles. The van der Waals surface area contributed by atoms with Crippen LogP contribution in [0.3, 0.4) is 0 Å². The molecule has 8 nitrogen and oxygen atoms in total. The van der Waals surface area contributed by atoms with Crippen LogP contribution in [0.5, 0.6) is 0 Å². The molecule has 1 aromatic carbocycles. The van der Waals surface area contributed by atoms with Gasteiger partial charge in [-0.1, -0.05) is 18.2 Å². The minimum atomic E-state index is -0.600. The molecule has 0 atom stereocenters. The summed E-state index contributed by atoms with van der Waals surface area (Å²) in [5.74, 6) is -1.01. The minimum absolute atomic E-state index is 0.208. The van der Waals surface area contributed by atoms with Gasteiger partial charge in [-0.25, -0.2) is 9.78 Å². The number of aromatic nitrogens is 2. The van der Waals surface area contributed by atoms with Crippen LogP contribution in [0.1, 0.15) is 5.56 Å². The Kier molecular flexibility index (Phi) is 5.05. The van der Waals surface area contributed by atoms with E-state index < -0.39 is 11.9 Å². The second-order valence-electron chi connectivity index (χ2n) is 4.77. The minimum Gasteiger partial charge on any atom is -0.466 e. The Morgan fingerprint density at radius 3 is 3.00 bits per heavy atom. The summed E-state index contributed by atoms with van der Waals surface area (Å²) in [5.41, 5.74) is 1.74. The van der Waals surface area contributed by atoms with Crippen LogP contribution in [0.2, 0.25) is 0 Å². The maximum absolute atomic E-state index is 11.7. The lowest BCUT2D eigenvalue weighted by Crippen LogP contribution is -2.19. The first kappa shape index (κ1) is 16.7. The average Bonchev–Trinajstić information content (AvgIpc) is 3.26. The smallest absolute Gasteiger partial charge is 0.331 e. The van der Waals surface area contributed by atoms with E-state index in [9.17, 15) is 9.59 Å². The standard InChI is InChI=1S/C16H13N5O3S/c1-24-14(22)8-13-15(23)19-16(25-13)20-18-9-11-4-2-3-5-12(11)21-7-6-17-10-21/h2-10H,1H3,(H,19,20,23)/b13-8+,18-9?. The summed E-state index contributed by atoms with van der Waals surface area (Å²) in [7, 11) is 1.24. The van der Waals surface area contributed by atoms with Crippen molar-refractivity contribution in [2.45, 2.75) is 0 Å². The number of imidazole rings is 1. The number of carbonyl (C=O) groups is 2. The summed E-state index contributed by atoms with van der Waals surface area (Å²) in [6.07, 6.45) is 7.90. The van der Waals surface area contributed by atoms with E-state index in [4.69, 9.17) is 0 Å². The summed E-state index contributed by atoms with van der Waals surface area (Å²) in [4.78, 5) is 27.2. The highest BCUT2D eigenvalue weighted by molar-refractivity contribution is 8.18. The van der Waals surface area contributed by atoms with Crippen molar-refractivity contribution in [1.82, 2.24) is 14.9 Å². The van der Waals surface area contributed by atoms with E-state index >= 15 is 0 Å². The molecule has 0 saturated carbocycles. The first-order valence-corrected chi connectivity index (χ1v) is 7.96. The Labute approximate surface area is 147 Å². The number of hydrogen-bond donors (Lipinski definition) is 1. The number of nitrogens with zero attached hydrogens (tertiary/aromatic N) is 4. The number of ether oxygens (including phenoxy) is 1. The first-order chi connectivity index (χ1) is 12.2. The molecule has 0 unspecified atom stereocenters. The zero-order valence-electron chi connectivity index (χ0n) is 13.1. The average molecular weight is 355 g/mol. The quantitative estimate of drug-likeness (QED) is 0.388. The molecular formula is C16H13N5O3S. The van der Waals surface area contributed by atoms with Crippen molar-refractivity contribution in [3.05, 3.63) is 59.5 Å². The third kappa shape index (κ3) is 4.01. The molecule has 1 N–H and O–H groups in total. The van der Waals surface area contributed by atoms with Gasteiger partial charge in [-0.15, -0.1) is 5.10 Å². The van der Waals surface area contributed by atoms with Crippen molar-refractivity contribution in [2.24, 2.45) is 10.2 Å². The van der Waals surface area contributed by atoms with Crippen LogP contribution in [-0.4, -0.2) is 39.9 Å². The lowest BCUT2D eigenvalue weighted by molar-refractivity contribution is -0.135. The van der Waals surface area contributed by atoms with Crippen molar-refractivity contribution in [3.63, 3.8) is 0 Å². The molecule has 0 bridgehead atoms. The van der Waals surface area contributed by atoms with Crippen molar-refractivity contribution in [1.29, 1.82) is 0 Å². The van der Waals surface area contributed by atoms with Gasteiger partial charge in [0.05, 0.1) is 30.2 Å². The molecule has 1 aromatic heterocycles. The summed E-state index contributed by atoms with van der Waals surface area (Å²) in [5, 5.41) is 10.8. The molecule has 1 aliphatic rings. The number of para-hydroxylation sites is 1. The molecule has 2 heterocycles. The second kappa shape index (κ2) is 7.58. The van der Waals surface area contributed by atoms with Crippen molar-refractivity contribution in [3.8, 4) is 5.69 Å². The number of benzene rings is 1. The molecule has 1 aliphatic heterocycles. The number of esters is 1. The van der Waals surface area contributed by atoms with Crippen molar-refractivity contribution < 1.29 is 14.3 Å². The largest absolute Gasteiger partial charge is 0.466 e. The monoisotopic (exact) mass is 355 g/mol. The van der Waals surface area contributed by atoms with Gasteiger partial charge in [-0.2, -0.15) is 5.10 Å². The van der Waals surface area contributed by atoms with Gasteiger partial charge in [0.1, 0.15) is 0 Å². The lowest BCUT2D eigenvalue weighted by Gasteiger charge is -2.05. The molecule has 25 heavy (non-hydrogen) atoms. The second-order valence-corrected chi connectivity index (χ2v) is 5.80. The van der Waals surface area contributed by atoms with Gasteiger partial charge in [-0.3, -0.25) is 10.1 Å². The molecule has 0 radical (unpaired) electrons. The molecule has 126 valence electrons. The predicted molar refractivity (Wildman–Crippen MR) is 94.4 cm³/mol. The van der Waals surface area contributed by atoms with E-state index in [1.165, 1.54) is 7.11 Å². The third-order valence-electron chi connectivity index (χ3n) is 3.17. The van der Waals surface area contributed by atoms with Gasteiger partial charge in [0, 0.05) is 24.0 Å². The van der Waals surface area contributed by atoms with E-state index in [2.05, 4.69) is 25.2 Å². The zero-order chi connectivity index (χ0) is 17.6. The van der Waals surface area contributed by atoms with Crippen molar-refractivity contribution in [2.75, 3.05) is 7.11 Å². The maximum atomic E-state index is 11.7. The summed E-state index contributed by atoms with van der Waals surface area (Å²) in [6.45, 7) is 0. The third-order valence-corrected chi connectivity index (χ3v) is 4.07. The van der Waals surface area contributed by atoms with Crippen molar-refractivity contribution >= 4 is 35.0 Å². The Morgan fingerprint density at radius 1 is 1.40 bits per heavy atom. The molecular weight excluding hydrogens is 342 g/mol. The van der Waals surface area contributed by atoms with Gasteiger partial charge in [0.25, 0.3) is 5.91 Å². The molecule has 2 aromatic rings. The van der Waals surface area contributed by atoms with Gasteiger partial charge in [-0.05, 0) is 17.8 Å².